The molecular weight excluding hydrogens is 240 g/mol. The number of rotatable bonds is 5. The van der Waals surface area contributed by atoms with Crippen molar-refractivity contribution in [3.05, 3.63) is 18.0 Å². The van der Waals surface area contributed by atoms with Crippen LogP contribution in [0.4, 0.5) is 0 Å². The number of aliphatic hydroxyl groups is 1. The van der Waals surface area contributed by atoms with Crippen LogP contribution in [0.1, 0.15) is 64.1 Å². The molecule has 1 atom stereocenters. The molecule has 4 nitrogen and oxygen atoms in total. The molecule has 1 fully saturated rings. The van der Waals surface area contributed by atoms with E-state index in [1.165, 1.54) is 0 Å². The SMILES string of the molecule is CCC(C)n1ccc(CC(=O)C2(O)CCCCC2)n1. The fourth-order valence-corrected chi connectivity index (χ4v) is 2.65. The first-order chi connectivity index (χ1) is 9.05. The first kappa shape index (κ1) is 14.3. The minimum absolute atomic E-state index is 0.0680. The topological polar surface area (TPSA) is 55.1 Å². The summed E-state index contributed by atoms with van der Waals surface area (Å²) in [7, 11) is 0. The monoisotopic (exact) mass is 264 g/mol. The summed E-state index contributed by atoms with van der Waals surface area (Å²) in [6.45, 7) is 4.22. The quantitative estimate of drug-likeness (QED) is 0.889. The van der Waals surface area contributed by atoms with Crippen LogP contribution in [0.2, 0.25) is 0 Å². The van der Waals surface area contributed by atoms with Crippen LogP contribution in [0.3, 0.4) is 0 Å². The van der Waals surface area contributed by atoms with E-state index in [-0.39, 0.29) is 12.2 Å². The molecule has 2 rings (SSSR count). The summed E-state index contributed by atoms with van der Waals surface area (Å²) in [5.74, 6) is -0.0680. The number of nitrogens with zero attached hydrogens (tertiary/aromatic N) is 2. The molecule has 1 aliphatic carbocycles. The van der Waals surface area contributed by atoms with Gasteiger partial charge in [-0.25, -0.2) is 0 Å². The third kappa shape index (κ3) is 3.24. The van der Waals surface area contributed by atoms with Gasteiger partial charge in [0.25, 0.3) is 0 Å². The lowest BCUT2D eigenvalue weighted by Gasteiger charge is -2.30. The molecule has 0 radical (unpaired) electrons. The lowest BCUT2D eigenvalue weighted by atomic mass is 9.80. The first-order valence-corrected chi connectivity index (χ1v) is 7.35. The standard InChI is InChI=1S/C15H24N2O2/c1-3-12(2)17-10-7-13(16-17)11-14(18)15(19)8-5-4-6-9-15/h7,10,12,19H,3-6,8-9,11H2,1-2H3. The van der Waals surface area contributed by atoms with Gasteiger partial charge in [0.15, 0.2) is 5.78 Å². The van der Waals surface area contributed by atoms with Crippen molar-refractivity contribution in [3.63, 3.8) is 0 Å². The van der Waals surface area contributed by atoms with Gasteiger partial charge >= 0.3 is 0 Å². The first-order valence-electron chi connectivity index (χ1n) is 7.35. The third-order valence-corrected chi connectivity index (χ3v) is 4.25. The summed E-state index contributed by atoms with van der Waals surface area (Å²) in [4.78, 5) is 12.2. The van der Waals surface area contributed by atoms with Crippen molar-refractivity contribution < 1.29 is 9.90 Å². The summed E-state index contributed by atoms with van der Waals surface area (Å²) in [5, 5.41) is 14.8. The molecule has 0 bridgehead atoms. The Kier molecular flexibility index (Phi) is 4.40. The highest BCUT2D eigenvalue weighted by molar-refractivity contribution is 5.88. The van der Waals surface area contributed by atoms with Crippen LogP contribution in [0.15, 0.2) is 12.3 Å². The molecule has 1 aliphatic rings. The third-order valence-electron chi connectivity index (χ3n) is 4.25. The lowest BCUT2D eigenvalue weighted by Crippen LogP contribution is -2.41. The van der Waals surface area contributed by atoms with Crippen molar-refractivity contribution in [2.24, 2.45) is 0 Å². The van der Waals surface area contributed by atoms with Gasteiger partial charge in [0.05, 0.1) is 12.1 Å². The van der Waals surface area contributed by atoms with Crippen molar-refractivity contribution in [1.82, 2.24) is 9.78 Å². The molecule has 0 spiro atoms. The van der Waals surface area contributed by atoms with Crippen molar-refractivity contribution in [2.45, 2.75) is 70.4 Å². The van der Waals surface area contributed by atoms with Crippen LogP contribution < -0.4 is 0 Å². The molecule has 1 N–H and O–H groups in total. The second kappa shape index (κ2) is 5.87. The zero-order valence-electron chi connectivity index (χ0n) is 11.9. The fraction of sp³-hybridized carbons (Fsp3) is 0.733. The van der Waals surface area contributed by atoms with E-state index in [0.717, 1.165) is 31.4 Å². The molecule has 1 aromatic rings. The average Bonchev–Trinajstić information content (AvgIpc) is 2.87. The van der Waals surface area contributed by atoms with Gasteiger partial charge in [-0.15, -0.1) is 0 Å². The maximum absolute atomic E-state index is 12.2. The van der Waals surface area contributed by atoms with Crippen LogP contribution in [0.5, 0.6) is 0 Å². The van der Waals surface area contributed by atoms with Crippen molar-refractivity contribution in [2.75, 3.05) is 0 Å². The summed E-state index contributed by atoms with van der Waals surface area (Å²) >= 11 is 0. The van der Waals surface area contributed by atoms with Crippen LogP contribution in [-0.4, -0.2) is 26.3 Å². The van der Waals surface area contributed by atoms with E-state index < -0.39 is 5.60 Å². The molecule has 1 unspecified atom stereocenters. The van der Waals surface area contributed by atoms with Gasteiger partial charge in [-0.2, -0.15) is 5.10 Å². The Bertz CT molecular complexity index is 433. The van der Waals surface area contributed by atoms with E-state index in [4.69, 9.17) is 0 Å². The van der Waals surface area contributed by atoms with Gasteiger partial charge in [0.1, 0.15) is 5.60 Å². The van der Waals surface area contributed by atoms with E-state index in [9.17, 15) is 9.90 Å². The number of hydrogen-bond donors (Lipinski definition) is 1. The number of carbonyl (C=O) groups excluding carboxylic acids is 1. The fourth-order valence-electron chi connectivity index (χ4n) is 2.65. The van der Waals surface area contributed by atoms with Crippen LogP contribution in [0.25, 0.3) is 0 Å². The molecule has 106 valence electrons. The maximum Gasteiger partial charge on any atom is 0.170 e. The van der Waals surface area contributed by atoms with Crippen LogP contribution in [-0.2, 0) is 11.2 Å². The largest absolute Gasteiger partial charge is 0.382 e. The van der Waals surface area contributed by atoms with Crippen molar-refractivity contribution >= 4 is 5.78 Å². The minimum Gasteiger partial charge on any atom is -0.382 e. The van der Waals surface area contributed by atoms with Crippen molar-refractivity contribution in [1.29, 1.82) is 0 Å². The Labute approximate surface area is 114 Å². The van der Waals surface area contributed by atoms with Gasteiger partial charge in [-0.1, -0.05) is 26.2 Å². The van der Waals surface area contributed by atoms with Crippen LogP contribution >= 0.6 is 0 Å². The Hall–Kier alpha value is -1.16. The second-order valence-corrected chi connectivity index (χ2v) is 5.74. The normalized spacial score (nSPS) is 20.2. The van der Waals surface area contributed by atoms with E-state index in [1.54, 1.807) is 0 Å². The zero-order valence-corrected chi connectivity index (χ0v) is 11.9. The molecule has 4 heteroatoms. The Balaban J connectivity index is 2.00. The molecule has 1 heterocycles. The van der Waals surface area contributed by atoms with Gasteiger partial charge < -0.3 is 5.11 Å². The van der Waals surface area contributed by atoms with E-state index in [0.29, 0.717) is 18.9 Å². The predicted molar refractivity (Wildman–Crippen MR) is 74.0 cm³/mol. The number of hydrogen-bond acceptors (Lipinski definition) is 3. The van der Waals surface area contributed by atoms with Gasteiger partial charge in [-0.3, -0.25) is 9.48 Å². The Morgan fingerprint density at radius 2 is 2.16 bits per heavy atom. The number of ketones is 1. The Morgan fingerprint density at radius 3 is 2.79 bits per heavy atom. The summed E-state index contributed by atoms with van der Waals surface area (Å²) in [5.41, 5.74) is -0.331. The number of Topliss-reactive ketones (excluding diaryl/α,β-unsaturated/α-hetero) is 1. The molecule has 0 aliphatic heterocycles. The summed E-state index contributed by atoms with van der Waals surface area (Å²) in [6.07, 6.45) is 7.42. The molecule has 1 aromatic heterocycles. The van der Waals surface area contributed by atoms with Gasteiger partial charge in [-0.05, 0) is 32.3 Å². The lowest BCUT2D eigenvalue weighted by molar-refractivity contribution is -0.139. The second-order valence-electron chi connectivity index (χ2n) is 5.74. The van der Waals surface area contributed by atoms with Gasteiger partial charge in [0.2, 0.25) is 0 Å². The smallest absolute Gasteiger partial charge is 0.170 e. The highest BCUT2D eigenvalue weighted by atomic mass is 16.3. The number of aromatic nitrogens is 2. The molecule has 0 amide bonds. The summed E-state index contributed by atoms with van der Waals surface area (Å²) in [6, 6.07) is 2.23. The molecule has 0 saturated heterocycles. The highest BCUT2D eigenvalue weighted by Crippen LogP contribution is 2.29. The number of carbonyl (C=O) groups is 1. The van der Waals surface area contributed by atoms with Crippen LogP contribution in [0, 0.1) is 0 Å². The Morgan fingerprint density at radius 1 is 1.47 bits per heavy atom. The van der Waals surface area contributed by atoms with E-state index in [1.807, 2.05) is 16.9 Å². The molecule has 19 heavy (non-hydrogen) atoms. The average molecular weight is 264 g/mol. The maximum atomic E-state index is 12.2. The predicted octanol–water partition coefficient (Wildman–Crippen LogP) is 2.66. The van der Waals surface area contributed by atoms with E-state index in [2.05, 4.69) is 18.9 Å². The summed E-state index contributed by atoms with van der Waals surface area (Å²) < 4.78 is 1.90. The molecule has 1 saturated carbocycles. The minimum atomic E-state index is -1.10. The van der Waals surface area contributed by atoms with Gasteiger partial charge in [0, 0.05) is 12.2 Å². The molecular formula is C15H24N2O2. The van der Waals surface area contributed by atoms with Crippen molar-refractivity contribution in [3.8, 4) is 0 Å². The zero-order chi connectivity index (χ0) is 13.9. The molecule has 0 aromatic carbocycles. The highest BCUT2D eigenvalue weighted by Gasteiger charge is 2.36. The van der Waals surface area contributed by atoms with E-state index >= 15 is 0 Å².